The van der Waals surface area contributed by atoms with E-state index in [4.69, 9.17) is 11.6 Å². The van der Waals surface area contributed by atoms with Crippen LogP contribution in [0.5, 0.6) is 0 Å². The van der Waals surface area contributed by atoms with Crippen LogP contribution in [0.25, 0.3) is 5.69 Å². The number of hydrogen-bond acceptors (Lipinski definition) is 2. The van der Waals surface area contributed by atoms with Crippen LogP contribution in [0.4, 0.5) is 4.39 Å². The van der Waals surface area contributed by atoms with Crippen LogP contribution in [0.1, 0.15) is 16.1 Å². The summed E-state index contributed by atoms with van der Waals surface area (Å²) in [5, 5.41) is 0.629. The van der Waals surface area contributed by atoms with Crippen molar-refractivity contribution in [3.63, 3.8) is 0 Å². The molecule has 6 heteroatoms. The van der Waals surface area contributed by atoms with E-state index in [1.165, 1.54) is 24.7 Å². The molecule has 3 rings (SSSR count). The molecule has 1 heterocycles. The van der Waals surface area contributed by atoms with Crippen LogP contribution < -0.4 is 0 Å². The number of halogens is 2. The number of imidazole rings is 1. The Balaban J connectivity index is 1.83. The second kappa shape index (κ2) is 6.84. The van der Waals surface area contributed by atoms with E-state index in [9.17, 15) is 9.18 Å². The molecule has 24 heavy (non-hydrogen) atoms. The molecule has 0 atom stereocenters. The van der Waals surface area contributed by atoms with Gasteiger partial charge in [-0.2, -0.15) is 0 Å². The Labute approximate surface area is 144 Å². The summed E-state index contributed by atoms with van der Waals surface area (Å²) in [7, 11) is 1.71. The molecule has 0 radical (unpaired) electrons. The van der Waals surface area contributed by atoms with Crippen LogP contribution >= 0.6 is 11.6 Å². The highest BCUT2D eigenvalue weighted by Crippen LogP contribution is 2.16. The van der Waals surface area contributed by atoms with E-state index in [0.717, 1.165) is 5.56 Å². The predicted octanol–water partition coefficient (Wildman–Crippen LogP) is 3.94. The summed E-state index contributed by atoms with van der Waals surface area (Å²) in [5.41, 5.74) is 2.02. The smallest absolute Gasteiger partial charge is 0.272 e. The number of carbonyl (C=O) groups is 1. The van der Waals surface area contributed by atoms with Crippen molar-refractivity contribution in [3.8, 4) is 5.69 Å². The normalized spacial score (nSPS) is 10.6. The predicted molar refractivity (Wildman–Crippen MR) is 90.8 cm³/mol. The summed E-state index contributed by atoms with van der Waals surface area (Å²) in [4.78, 5) is 18.3. The van der Waals surface area contributed by atoms with Gasteiger partial charge in [0.15, 0.2) is 0 Å². The topological polar surface area (TPSA) is 38.1 Å². The summed E-state index contributed by atoms with van der Waals surface area (Å²) in [6.07, 6.45) is 3.04. The number of hydrogen-bond donors (Lipinski definition) is 0. The van der Waals surface area contributed by atoms with Gasteiger partial charge in [0.2, 0.25) is 0 Å². The van der Waals surface area contributed by atoms with Gasteiger partial charge in [0.05, 0.1) is 12.5 Å². The summed E-state index contributed by atoms with van der Waals surface area (Å²) >= 11 is 5.98. The van der Waals surface area contributed by atoms with Crippen LogP contribution in [-0.2, 0) is 6.54 Å². The molecular weight excluding hydrogens is 329 g/mol. The van der Waals surface area contributed by atoms with Gasteiger partial charge < -0.3 is 4.90 Å². The third-order valence-electron chi connectivity index (χ3n) is 3.62. The molecule has 1 amide bonds. The van der Waals surface area contributed by atoms with Crippen molar-refractivity contribution in [2.24, 2.45) is 0 Å². The minimum absolute atomic E-state index is 0.184. The lowest BCUT2D eigenvalue weighted by Crippen LogP contribution is -2.28. The maximum absolute atomic E-state index is 13.1. The molecule has 0 aliphatic heterocycles. The number of aromatic nitrogens is 2. The Kier molecular flexibility index (Phi) is 4.62. The molecule has 0 fully saturated rings. The minimum Gasteiger partial charge on any atom is -0.336 e. The van der Waals surface area contributed by atoms with Gasteiger partial charge in [0, 0.05) is 24.3 Å². The third kappa shape index (κ3) is 3.46. The van der Waals surface area contributed by atoms with Gasteiger partial charge in [0.25, 0.3) is 5.91 Å². The largest absolute Gasteiger partial charge is 0.336 e. The standard InChI is InChI=1S/C18H15ClFN3O/c1-22(11-13-3-2-4-14(19)9-13)18(24)17-10-21-12-23(17)16-7-5-15(20)6-8-16/h2-10,12H,11H2,1H3. The van der Waals surface area contributed by atoms with Crippen molar-refractivity contribution >= 4 is 17.5 Å². The van der Waals surface area contributed by atoms with E-state index in [1.54, 1.807) is 34.7 Å². The van der Waals surface area contributed by atoms with Crippen LogP contribution in [0.15, 0.2) is 61.1 Å². The Morgan fingerprint density at radius 3 is 2.71 bits per heavy atom. The monoisotopic (exact) mass is 343 g/mol. The molecule has 4 nitrogen and oxygen atoms in total. The molecule has 0 saturated carbocycles. The Morgan fingerprint density at radius 1 is 1.25 bits per heavy atom. The van der Waals surface area contributed by atoms with Crippen molar-refractivity contribution in [1.29, 1.82) is 0 Å². The fraction of sp³-hybridized carbons (Fsp3) is 0.111. The molecule has 0 N–H and O–H groups in total. The van der Waals surface area contributed by atoms with E-state index < -0.39 is 0 Å². The van der Waals surface area contributed by atoms with Gasteiger partial charge in [-0.05, 0) is 42.0 Å². The molecule has 1 aromatic heterocycles. The van der Waals surface area contributed by atoms with Crippen molar-refractivity contribution in [1.82, 2.24) is 14.5 Å². The minimum atomic E-state index is -0.329. The second-order valence-corrected chi connectivity index (χ2v) is 5.85. The molecule has 0 spiro atoms. The van der Waals surface area contributed by atoms with Crippen molar-refractivity contribution in [3.05, 3.63) is 83.2 Å². The first-order valence-electron chi connectivity index (χ1n) is 7.33. The maximum Gasteiger partial charge on any atom is 0.272 e. The fourth-order valence-electron chi connectivity index (χ4n) is 2.44. The van der Waals surface area contributed by atoms with Gasteiger partial charge in [-0.15, -0.1) is 0 Å². The summed E-state index contributed by atoms with van der Waals surface area (Å²) in [5.74, 6) is -0.512. The lowest BCUT2D eigenvalue weighted by atomic mass is 10.2. The van der Waals surface area contributed by atoms with Crippen LogP contribution in [0.2, 0.25) is 5.02 Å². The number of benzene rings is 2. The zero-order chi connectivity index (χ0) is 17.1. The third-order valence-corrected chi connectivity index (χ3v) is 3.85. The molecule has 0 unspecified atom stereocenters. The quantitative estimate of drug-likeness (QED) is 0.719. The number of carbonyl (C=O) groups excluding carboxylic acids is 1. The van der Waals surface area contributed by atoms with Crippen molar-refractivity contribution in [2.75, 3.05) is 7.05 Å². The molecule has 2 aromatic carbocycles. The lowest BCUT2D eigenvalue weighted by Gasteiger charge is -2.18. The molecule has 122 valence electrons. The molecule has 3 aromatic rings. The Hall–Kier alpha value is -2.66. The van der Waals surface area contributed by atoms with E-state index in [2.05, 4.69) is 4.98 Å². The van der Waals surface area contributed by atoms with E-state index in [1.807, 2.05) is 18.2 Å². The molecule has 0 aliphatic carbocycles. The lowest BCUT2D eigenvalue weighted by molar-refractivity contribution is 0.0777. The van der Waals surface area contributed by atoms with E-state index in [-0.39, 0.29) is 11.7 Å². The van der Waals surface area contributed by atoms with Crippen LogP contribution in [0.3, 0.4) is 0 Å². The van der Waals surface area contributed by atoms with E-state index in [0.29, 0.717) is 22.9 Å². The molecular formula is C18H15ClFN3O. The number of nitrogens with zero attached hydrogens (tertiary/aromatic N) is 3. The first-order chi connectivity index (χ1) is 11.5. The Morgan fingerprint density at radius 2 is 2.00 bits per heavy atom. The zero-order valence-corrected chi connectivity index (χ0v) is 13.7. The number of amides is 1. The Bertz CT molecular complexity index is 861. The van der Waals surface area contributed by atoms with Gasteiger partial charge in [0.1, 0.15) is 11.5 Å². The average Bonchev–Trinajstić information content (AvgIpc) is 3.04. The SMILES string of the molecule is CN(Cc1cccc(Cl)c1)C(=O)c1cncn1-c1ccc(F)cc1. The van der Waals surface area contributed by atoms with Gasteiger partial charge in [-0.25, -0.2) is 9.37 Å². The summed E-state index contributed by atoms with van der Waals surface area (Å²) in [6, 6.07) is 13.3. The van der Waals surface area contributed by atoms with Gasteiger partial charge in [-0.3, -0.25) is 9.36 Å². The fourth-order valence-corrected chi connectivity index (χ4v) is 2.65. The highest BCUT2D eigenvalue weighted by molar-refractivity contribution is 6.30. The molecule has 0 bridgehead atoms. The first-order valence-corrected chi connectivity index (χ1v) is 7.70. The zero-order valence-electron chi connectivity index (χ0n) is 13.0. The second-order valence-electron chi connectivity index (χ2n) is 5.42. The van der Waals surface area contributed by atoms with Crippen LogP contribution in [0, 0.1) is 5.82 Å². The summed E-state index contributed by atoms with van der Waals surface area (Å²) < 4.78 is 14.7. The maximum atomic E-state index is 13.1. The molecule has 0 aliphatic rings. The molecule has 0 saturated heterocycles. The van der Waals surface area contributed by atoms with Crippen LogP contribution in [-0.4, -0.2) is 27.4 Å². The van der Waals surface area contributed by atoms with Gasteiger partial charge >= 0.3 is 0 Å². The summed E-state index contributed by atoms with van der Waals surface area (Å²) in [6.45, 7) is 0.425. The van der Waals surface area contributed by atoms with Crippen molar-refractivity contribution in [2.45, 2.75) is 6.54 Å². The van der Waals surface area contributed by atoms with E-state index >= 15 is 0 Å². The van der Waals surface area contributed by atoms with Crippen molar-refractivity contribution < 1.29 is 9.18 Å². The highest BCUT2D eigenvalue weighted by Gasteiger charge is 2.17. The highest BCUT2D eigenvalue weighted by atomic mass is 35.5. The number of rotatable bonds is 4. The van der Waals surface area contributed by atoms with Gasteiger partial charge in [-0.1, -0.05) is 23.7 Å². The average molecular weight is 344 g/mol. The first kappa shape index (κ1) is 16.2.